The van der Waals surface area contributed by atoms with E-state index in [4.69, 9.17) is 0 Å². The molecule has 0 N–H and O–H groups in total. The molecule has 1 aliphatic rings. The van der Waals surface area contributed by atoms with Crippen LogP contribution < -0.4 is 0 Å². The number of piperidine rings is 1. The summed E-state index contributed by atoms with van der Waals surface area (Å²) in [7, 11) is 0. The summed E-state index contributed by atoms with van der Waals surface area (Å²) in [5, 5.41) is 4.21. The summed E-state index contributed by atoms with van der Waals surface area (Å²) < 4.78 is 4.17. The lowest BCUT2D eigenvalue weighted by atomic mass is 9.98. The summed E-state index contributed by atoms with van der Waals surface area (Å²) in [5.41, 5.74) is 0. The van der Waals surface area contributed by atoms with Crippen LogP contribution in [-0.4, -0.2) is 42.3 Å². The van der Waals surface area contributed by atoms with E-state index in [1.165, 1.54) is 25.2 Å². The molecule has 2 aromatic heterocycles. The zero-order chi connectivity index (χ0) is 13.8. The Morgan fingerprint density at radius 1 is 1.40 bits per heavy atom. The fourth-order valence-corrected chi connectivity index (χ4v) is 3.02. The molecule has 1 aliphatic heterocycles. The van der Waals surface area contributed by atoms with Crippen molar-refractivity contribution in [3.8, 4) is 0 Å². The highest BCUT2D eigenvalue weighted by Crippen LogP contribution is 2.19. The number of imidazole rings is 1. The van der Waals surface area contributed by atoms with E-state index in [-0.39, 0.29) is 0 Å². The molecular weight excluding hydrogens is 252 g/mol. The molecule has 108 valence electrons. The van der Waals surface area contributed by atoms with Crippen molar-refractivity contribution >= 4 is 0 Å². The number of hydrogen-bond acceptors (Lipinski definition) is 4. The molecule has 0 unspecified atom stereocenters. The predicted molar refractivity (Wildman–Crippen MR) is 75.9 cm³/mol. The lowest BCUT2D eigenvalue weighted by Gasteiger charge is -2.32. The van der Waals surface area contributed by atoms with E-state index in [0.717, 1.165) is 26.2 Å². The topological polar surface area (TPSA) is 51.8 Å². The summed E-state index contributed by atoms with van der Waals surface area (Å²) in [6.07, 6.45) is 9.91. The smallest absolute Gasteiger partial charge is 0.137 e. The van der Waals surface area contributed by atoms with Gasteiger partial charge in [-0.25, -0.2) is 9.97 Å². The largest absolute Gasteiger partial charge is 0.334 e. The minimum Gasteiger partial charge on any atom is -0.334 e. The molecule has 0 radical (unpaired) electrons. The van der Waals surface area contributed by atoms with Crippen LogP contribution in [-0.2, 0) is 19.6 Å². The van der Waals surface area contributed by atoms with Crippen molar-refractivity contribution in [3.05, 3.63) is 30.9 Å². The SMILES string of the molecule is CCn1ccnc1CN1CCC[C@@H](Cn2cncn2)C1. The maximum Gasteiger partial charge on any atom is 0.137 e. The van der Waals surface area contributed by atoms with Crippen LogP contribution in [0.4, 0.5) is 0 Å². The van der Waals surface area contributed by atoms with Gasteiger partial charge in [0.1, 0.15) is 18.5 Å². The molecule has 2 aromatic rings. The normalized spacial score (nSPS) is 20.4. The second-order valence-corrected chi connectivity index (χ2v) is 5.49. The van der Waals surface area contributed by atoms with Gasteiger partial charge in [0.25, 0.3) is 0 Å². The highest BCUT2D eigenvalue weighted by atomic mass is 15.3. The van der Waals surface area contributed by atoms with Gasteiger partial charge in [-0.2, -0.15) is 5.10 Å². The Bertz CT molecular complexity index is 518. The molecule has 6 nitrogen and oxygen atoms in total. The highest BCUT2D eigenvalue weighted by Gasteiger charge is 2.21. The Morgan fingerprint density at radius 3 is 3.15 bits per heavy atom. The fourth-order valence-electron chi connectivity index (χ4n) is 3.02. The maximum absolute atomic E-state index is 4.48. The number of hydrogen-bond donors (Lipinski definition) is 0. The third kappa shape index (κ3) is 3.07. The summed E-state index contributed by atoms with van der Waals surface area (Å²) >= 11 is 0. The maximum atomic E-state index is 4.48. The first-order valence-electron chi connectivity index (χ1n) is 7.40. The van der Waals surface area contributed by atoms with Gasteiger partial charge in [-0.15, -0.1) is 0 Å². The van der Waals surface area contributed by atoms with E-state index in [9.17, 15) is 0 Å². The van der Waals surface area contributed by atoms with Crippen LogP contribution in [0.3, 0.4) is 0 Å². The Hall–Kier alpha value is -1.69. The molecule has 0 saturated carbocycles. The van der Waals surface area contributed by atoms with Crippen LogP contribution in [0.2, 0.25) is 0 Å². The average molecular weight is 274 g/mol. The molecule has 1 atom stereocenters. The van der Waals surface area contributed by atoms with E-state index in [1.54, 1.807) is 6.33 Å². The Labute approximate surface area is 119 Å². The van der Waals surface area contributed by atoms with Crippen molar-refractivity contribution in [1.82, 2.24) is 29.2 Å². The van der Waals surface area contributed by atoms with Gasteiger partial charge in [-0.05, 0) is 32.2 Å². The molecule has 20 heavy (non-hydrogen) atoms. The molecular formula is C14H22N6. The molecule has 1 saturated heterocycles. The third-order valence-corrected chi connectivity index (χ3v) is 4.02. The van der Waals surface area contributed by atoms with Crippen LogP contribution in [0, 0.1) is 5.92 Å². The van der Waals surface area contributed by atoms with Crippen molar-refractivity contribution in [2.24, 2.45) is 5.92 Å². The zero-order valence-electron chi connectivity index (χ0n) is 12.0. The standard InChI is InChI=1S/C14H22N6/c1-2-19-7-5-16-14(19)10-18-6-3-4-13(8-18)9-20-12-15-11-17-20/h5,7,11-13H,2-4,6,8-10H2,1H3/t13-/m1/s1. The van der Waals surface area contributed by atoms with E-state index >= 15 is 0 Å². The van der Waals surface area contributed by atoms with Gasteiger partial charge in [0.15, 0.2) is 0 Å². The molecule has 1 fully saturated rings. The van der Waals surface area contributed by atoms with Crippen LogP contribution >= 0.6 is 0 Å². The molecule has 0 amide bonds. The van der Waals surface area contributed by atoms with Crippen molar-refractivity contribution in [1.29, 1.82) is 0 Å². The molecule has 0 spiro atoms. The van der Waals surface area contributed by atoms with E-state index in [2.05, 4.69) is 37.7 Å². The molecule has 0 bridgehead atoms. The third-order valence-electron chi connectivity index (χ3n) is 4.02. The van der Waals surface area contributed by atoms with Gasteiger partial charge in [-0.1, -0.05) is 0 Å². The number of likely N-dealkylation sites (tertiary alicyclic amines) is 1. The van der Waals surface area contributed by atoms with E-state index in [1.807, 2.05) is 17.2 Å². The zero-order valence-corrected chi connectivity index (χ0v) is 12.0. The van der Waals surface area contributed by atoms with Crippen LogP contribution in [0.25, 0.3) is 0 Å². The minimum absolute atomic E-state index is 0.662. The second-order valence-electron chi connectivity index (χ2n) is 5.49. The minimum atomic E-state index is 0.662. The van der Waals surface area contributed by atoms with Crippen LogP contribution in [0.5, 0.6) is 0 Å². The predicted octanol–water partition coefficient (Wildman–Crippen LogP) is 1.41. The monoisotopic (exact) mass is 274 g/mol. The Balaban J connectivity index is 1.58. The molecule has 0 aliphatic carbocycles. The van der Waals surface area contributed by atoms with E-state index < -0.39 is 0 Å². The van der Waals surface area contributed by atoms with Crippen molar-refractivity contribution in [2.75, 3.05) is 13.1 Å². The van der Waals surface area contributed by atoms with Crippen molar-refractivity contribution in [2.45, 2.75) is 39.4 Å². The number of aryl methyl sites for hydroxylation is 1. The van der Waals surface area contributed by atoms with Gasteiger partial charge in [-0.3, -0.25) is 9.58 Å². The van der Waals surface area contributed by atoms with Gasteiger partial charge < -0.3 is 4.57 Å². The average Bonchev–Trinajstić information content (AvgIpc) is 3.10. The van der Waals surface area contributed by atoms with Crippen LogP contribution in [0.15, 0.2) is 25.0 Å². The summed E-state index contributed by atoms with van der Waals surface area (Å²) in [5.74, 6) is 1.84. The number of aromatic nitrogens is 5. The van der Waals surface area contributed by atoms with E-state index in [0.29, 0.717) is 5.92 Å². The fraction of sp³-hybridized carbons (Fsp3) is 0.643. The summed E-state index contributed by atoms with van der Waals surface area (Å²) in [6, 6.07) is 0. The molecule has 0 aromatic carbocycles. The van der Waals surface area contributed by atoms with Gasteiger partial charge in [0.05, 0.1) is 6.54 Å². The lowest BCUT2D eigenvalue weighted by Crippen LogP contribution is -2.37. The first-order chi connectivity index (χ1) is 9.85. The highest BCUT2D eigenvalue weighted by molar-refractivity contribution is 4.93. The van der Waals surface area contributed by atoms with Gasteiger partial charge in [0, 0.05) is 32.0 Å². The van der Waals surface area contributed by atoms with Crippen LogP contribution in [0.1, 0.15) is 25.6 Å². The number of rotatable bonds is 5. The first-order valence-corrected chi connectivity index (χ1v) is 7.40. The Morgan fingerprint density at radius 2 is 2.35 bits per heavy atom. The summed E-state index contributed by atoms with van der Waals surface area (Å²) in [6.45, 7) is 7.37. The van der Waals surface area contributed by atoms with Crippen molar-refractivity contribution < 1.29 is 0 Å². The Kier molecular flexibility index (Phi) is 4.11. The van der Waals surface area contributed by atoms with Gasteiger partial charge >= 0.3 is 0 Å². The molecule has 3 heterocycles. The lowest BCUT2D eigenvalue weighted by molar-refractivity contribution is 0.148. The molecule has 6 heteroatoms. The molecule has 3 rings (SSSR count). The van der Waals surface area contributed by atoms with Crippen molar-refractivity contribution in [3.63, 3.8) is 0 Å². The first kappa shape index (κ1) is 13.3. The second kappa shape index (κ2) is 6.17. The summed E-state index contributed by atoms with van der Waals surface area (Å²) in [4.78, 5) is 11.0. The quantitative estimate of drug-likeness (QED) is 0.827. The number of nitrogens with zero attached hydrogens (tertiary/aromatic N) is 6. The van der Waals surface area contributed by atoms with Gasteiger partial charge in [0.2, 0.25) is 0 Å².